The van der Waals surface area contributed by atoms with Crippen LogP contribution in [-0.4, -0.2) is 51.3 Å². The van der Waals surface area contributed by atoms with Crippen molar-refractivity contribution in [2.45, 2.75) is 61.4 Å². The Kier molecular flexibility index (Phi) is 6.73. The van der Waals surface area contributed by atoms with Crippen molar-refractivity contribution in [3.05, 3.63) is 65.7 Å². The molecular formula is C26H33N3O3S. The molecule has 3 N–H and O–H groups in total. The van der Waals surface area contributed by atoms with Crippen molar-refractivity contribution >= 4 is 22.6 Å². The normalized spacial score (nSPS) is 19.1. The number of rotatable bonds is 6. The number of aryl methyl sites for hydroxylation is 1. The fourth-order valence-corrected chi connectivity index (χ4v) is 6.18. The average Bonchev–Trinajstić information content (AvgIpc) is 3.16. The summed E-state index contributed by atoms with van der Waals surface area (Å²) in [5.74, 6) is -0.586. The summed E-state index contributed by atoms with van der Waals surface area (Å²) in [6, 6.07) is 16.8. The van der Waals surface area contributed by atoms with Crippen LogP contribution in [0.4, 0.5) is 0 Å². The maximum Gasteiger partial charge on any atom is 0.246 e. The molecule has 4 rings (SSSR count). The van der Waals surface area contributed by atoms with E-state index in [0.717, 1.165) is 25.7 Å². The number of benzene rings is 2. The molecule has 2 aliphatic rings. The number of carbonyl (C=O) groups is 2. The van der Waals surface area contributed by atoms with Crippen molar-refractivity contribution in [1.29, 1.82) is 0 Å². The maximum absolute atomic E-state index is 13.5. The Hall–Kier alpha value is -2.51. The molecule has 1 spiro atoms. The molecule has 0 bridgehead atoms. The van der Waals surface area contributed by atoms with Crippen LogP contribution in [0.15, 0.2) is 59.5 Å². The molecule has 0 saturated carbocycles. The SMILES string of the molecule is CC(C)(N)C(=O)NC(CS(=O)c1ccccc1)C(=O)N1CCC2(CCc3ccccc32)CC1. The lowest BCUT2D eigenvalue weighted by molar-refractivity contribution is -0.138. The number of carbonyl (C=O) groups excluding carboxylic acids is 2. The summed E-state index contributed by atoms with van der Waals surface area (Å²) < 4.78 is 13.0. The lowest BCUT2D eigenvalue weighted by Gasteiger charge is -2.41. The Bertz CT molecular complexity index is 1040. The largest absolute Gasteiger partial charge is 0.342 e. The van der Waals surface area contributed by atoms with Gasteiger partial charge < -0.3 is 16.0 Å². The predicted molar refractivity (Wildman–Crippen MR) is 130 cm³/mol. The number of likely N-dealkylation sites (tertiary alicyclic amines) is 1. The first kappa shape index (κ1) is 23.6. The van der Waals surface area contributed by atoms with E-state index in [9.17, 15) is 13.8 Å². The number of piperidine rings is 1. The molecule has 2 aromatic carbocycles. The maximum atomic E-state index is 13.5. The van der Waals surface area contributed by atoms with Gasteiger partial charge in [-0.2, -0.15) is 0 Å². The highest BCUT2D eigenvalue weighted by atomic mass is 32.2. The summed E-state index contributed by atoms with van der Waals surface area (Å²) in [6.07, 6.45) is 4.01. The minimum Gasteiger partial charge on any atom is -0.342 e. The number of amides is 2. The van der Waals surface area contributed by atoms with Crippen LogP contribution < -0.4 is 11.1 Å². The monoisotopic (exact) mass is 467 g/mol. The van der Waals surface area contributed by atoms with Crippen molar-refractivity contribution in [3.63, 3.8) is 0 Å². The highest BCUT2D eigenvalue weighted by Gasteiger charge is 2.43. The average molecular weight is 468 g/mol. The second-order valence-corrected chi connectivity index (χ2v) is 11.3. The van der Waals surface area contributed by atoms with Crippen molar-refractivity contribution in [1.82, 2.24) is 10.2 Å². The number of nitrogens with zero attached hydrogens (tertiary/aromatic N) is 1. The Morgan fingerprint density at radius 2 is 1.70 bits per heavy atom. The van der Waals surface area contributed by atoms with Crippen molar-refractivity contribution in [2.75, 3.05) is 18.8 Å². The van der Waals surface area contributed by atoms with Gasteiger partial charge in [0.1, 0.15) is 6.04 Å². The highest BCUT2D eigenvalue weighted by Crippen LogP contribution is 2.46. The number of hydrogen-bond acceptors (Lipinski definition) is 4. The van der Waals surface area contributed by atoms with Crippen LogP contribution in [0.3, 0.4) is 0 Å². The molecule has 33 heavy (non-hydrogen) atoms. The van der Waals surface area contributed by atoms with Crippen LogP contribution in [0, 0.1) is 0 Å². The first-order valence-corrected chi connectivity index (χ1v) is 12.9. The van der Waals surface area contributed by atoms with Crippen LogP contribution in [0.2, 0.25) is 0 Å². The highest BCUT2D eigenvalue weighted by molar-refractivity contribution is 7.85. The smallest absolute Gasteiger partial charge is 0.246 e. The number of hydrogen-bond donors (Lipinski definition) is 2. The summed E-state index contributed by atoms with van der Waals surface area (Å²) in [4.78, 5) is 28.6. The molecule has 2 unspecified atom stereocenters. The lowest BCUT2D eigenvalue weighted by Crippen LogP contribution is -2.59. The van der Waals surface area contributed by atoms with Crippen molar-refractivity contribution in [2.24, 2.45) is 5.73 Å². The van der Waals surface area contributed by atoms with Crippen LogP contribution in [0.5, 0.6) is 0 Å². The van der Waals surface area contributed by atoms with Gasteiger partial charge in [0.25, 0.3) is 0 Å². The Morgan fingerprint density at radius 3 is 2.36 bits per heavy atom. The van der Waals surface area contributed by atoms with Gasteiger partial charge in [0.05, 0.1) is 22.1 Å². The molecule has 0 radical (unpaired) electrons. The van der Waals surface area contributed by atoms with Crippen LogP contribution >= 0.6 is 0 Å². The van der Waals surface area contributed by atoms with Crippen LogP contribution in [-0.2, 0) is 32.2 Å². The molecule has 1 saturated heterocycles. The summed E-state index contributed by atoms with van der Waals surface area (Å²) in [5.41, 5.74) is 7.81. The predicted octanol–water partition coefficient (Wildman–Crippen LogP) is 2.52. The zero-order chi connectivity index (χ0) is 23.6. The molecule has 1 heterocycles. The standard InChI is InChI=1S/C26H33N3O3S/c1-25(2,27)24(31)28-22(18-33(32)20-9-4-3-5-10-20)23(30)29-16-14-26(15-17-29)13-12-19-8-6-7-11-21(19)26/h3-11,22H,12-18,27H2,1-2H3,(H,28,31). The van der Waals surface area contributed by atoms with Crippen LogP contribution in [0.25, 0.3) is 0 Å². The summed E-state index contributed by atoms with van der Waals surface area (Å²) in [6.45, 7) is 4.45. The van der Waals surface area contributed by atoms with E-state index in [4.69, 9.17) is 5.73 Å². The van der Waals surface area contributed by atoms with E-state index in [1.807, 2.05) is 23.1 Å². The van der Waals surface area contributed by atoms with Gasteiger partial charge in [0.2, 0.25) is 11.8 Å². The molecule has 6 nitrogen and oxygen atoms in total. The van der Waals surface area contributed by atoms with Gasteiger partial charge in [-0.3, -0.25) is 13.8 Å². The molecule has 2 aromatic rings. The molecule has 1 aliphatic carbocycles. The van der Waals surface area contributed by atoms with Gasteiger partial charge in [0.15, 0.2) is 0 Å². The van der Waals surface area contributed by atoms with Crippen molar-refractivity contribution in [3.8, 4) is 0 Å². The molecule has 1 fully saturated rings. The van der Waals surface area contributed by atoms with E-state index in [2.05, 4.69) is 29.6 Å². The van der Waals surface area contributed by atoms with E-state index < -0.39 is 28.3 Å². The van der Waals surface area contributed by atoms with E-state index in [1.54, 1.807) is 26.0 Å². The third-order valence-corrected chi connectivity index (χ3v) is 8.44. The number of nitrogens with one attached hydrogen (secondary N) is 1. The molecule has 2 amide bonds. The van der Waals surface area contributed by atoms with Gasteiger partial charge in [-0.1, -0.05) is 42.5 Å². The van der Waals surface area contributed by atoms with E-state index in [0.29, 0.717) is 18.0 Å². The van der Waals surface area contributed by atoms with E-state index in [-0.39, 0.29) is 17.1 Å². The number of nitrogens with two attached hydrogens (primary N) is 1. The van der Waals surface area contributed by atoms with Crippen molar-refractivity contribution < 1.29 is 13.8 Å². The zero-order valence-electron chi connectivity index (χ0n) is 19.4. The van der Waals surface area contributed by atoms with E-state index in [1.165, 1.54) is 11.1 Å². The Balaban J connectivity index is 1.48. The minimum absolute atomic E-state index is 0.0230. The molecule has 1 aliphatic heterocycles. The molecule has 0 aromatic heterocycles. The molecule has 7 heteroatoms. The summed E-state index contributed by atoms with van der Waals surface area (Å²) in [7, 11) is -1.42. The topological polar surface area (TPSA) is 92.5 Å². The van der Waals surface area contributed by atoms with Crippen LogP contribution in [0.1, 0.15) is 44.2 Å². The lowest BCUT2D eigenvalue weighted by atomic mass is 9.74. The molecular weight excluding hydrogens is 434 g/mol. The third-order valence-electron chi connectivity index (χ3n) is 7.01. The fourth-order valence-electron chi connectivity index (χ4n) is 5.00. The summed E-state index contributed by atoms with van der Waals surface area (Å²) >= 11 is 0. The molecule has 176 valence electrons. The third kappa shape index (κ3) is 5.04. The minimum atomic E-state index is -1.42. The number of fused-ring (bicyclic) bond motifs is 2. The van der Waals surface area contributed by atoms with Gasteiger partial charge in [-0.25, -0.2) is 0 Å². The molecule has 2 atom stereocenters. The Labute approximate surface area is 198 Å². The second kappa shape index (κ2) is 9.39. The quantitative estimate of drug-likeness (QED) is 0.683. The Morgan fingerprint density at radius 1 is 1.06 bits per heavy atom. The zero-order valence-corrected chi connectivity index (χ0v) is 20.2. The van der Waals surface area contributed by atoms with Gasteiger partial charge in [-0.15, -0.1) is 0 Å². The van der Waals surface area contributed by atoms with Gasteiger partial charge in [-0.05, 0) is 68.2 Å². The first-order chi connectivity index (χ1) is 15.7. The van der Waals surface area contributed by atoms with Gasteiger partial charge >= 0.3 is 0 Å². The van der Waals surface area contributed by atoms with E-state index >= 15 is 0 Å². The second-order valence-electron chi connectivity index (χ2n) is 9.84. The van der Waals surface area contributed by atoms with Gasteiger partial charge in [0, 0.05) is 18.0 Å². The summed E-state index contributed by atoms with van der Waals surface area (Å²) in [5, 5.41) is 2.78. The fraction of sp³-hybridized carbons (Fsp3) is 0.462. The first-order valence-electron chi connectivity index (χ1n) is 11.6.